The Morgan fingerprint density at radius 2 is 1.96 bits per heavy atom. The van der Waals surface area contributed by atoms with Gasteiger partial charge in [0.25, 0.3) is 5.69 Å². The summed E-state index contributed by atoms with van der Waals surface area (Å²) in [6, 6.07) is 1.44. The van der Waals surface area contributed by atoms with Crippen molar-refractivity contribution in [3.8, 4) is 0 Å². The molecule has 0 aliphatic rings. The maximum absolute atomic E-state index is 13.0. The van der Waals surface area contributed by atoms with E-state index < -0.39 is 28.4 Å². The Hall–Kier alpha value is -3.24. The molecule has 1 atom stereocenters. The van der Waals surface area contributed by atoms with E-state index in [9.17, 15) is 28.1 Å². The highest BCUT2D eigenvalue weighted by Gasteiger charge is 2.33. The van der Waals surface area contributed by atoms with Crippen molar-refractivity contribution in [2.75, 3.05) is 11.1 Å². The number of nitro benzene ring substituents is 1. The summed E-state index contributed by atoms with van der Waals surface area (Å²) in [6.07, 6.45) is -4.33. The molecule has 1 aromatic heterocycles. The quantitative estimate of drug-likeness (QED) is 0.471. The third-order valence-corrected chi connectivity index (χ3v) is 3.54. The van der Waals surface area contributed by atoms with Crippen molar-refractivity contribution in [2.45, 2.75) is 26.1 Å². The number of hydrogen-bond donors (Lipinski definition) is 2. The zero-order valence-electron chi connectivity index (χ0n) is 13.7. The van der Waals surface area contributed by atoms with Crippen molar-refractivity contribution in [1.29, 1.82) is 0 Å². The van der Waals surface area contributed by atoms with E-state index >= 15 is 0 Å². The predicted molar refractivity (Wildman–Crippen MR) is 86.7 cm³/mol. The molecule has 0 aliphatic carbocycles. The summed E-state index contributed by atoms with van der Waals surface area (Å²) in [6.45, 7) is 3.00. The second-order valence-electron chi connectivity index (χ2n) is 5.47. The van der Waals surface area contributed by atoms with Gasteiger partial charge in [0.2, 0.25) is 0 Å². The van der Waals surface area contributed by atoms with E-state index in [1.807, 2.05) is 0 Å². The fraction of sp³-hybridized carbons (Fsp3) is 0.267. The summed E-state index contributed by atoms with van der Waals surface area (Å²) in [4.78, 5) is 29.0. The van der Waals surface area contributed by atoms with Crippen LogP contribution in [0.4, 0.5) is 30.5 Å². The van der Waals surface area contributed by atoms with Crippen LogP contribution in [0.5, 0.6) is 0 Å². The van der Waals surface area contributed by atoms with Crippen molar-refractivity contribution < 1.29 is 22.9 Å². The Morgan fingerprint density at radius 3 is 2.50 bits per heavy atom. The van der Waals surface area contributed by atoms with Gasteiger partial charge in [-0.3, -0.25) is 14.9 Å². The van der Waals surface area contributed by atoms with Crippen LogP contribution >= 0.6 is 0 Å². The van der Waals surface area contributed by atoms with E-state index in [0.29, 0.717) is 12.4 Å². The molecule has 2 aromatic rings. The van der Waals surface area contributed by atoms with Gasteiger partial charge in [-0.2, -0.15) is 13.2 Å². The number of aryl methyl sites for hydroxylation is 1. The number of non-ortho nitro benzene ring substituents is 1. The normalized spacial score (nSPS) is 12.5. The third kappa shape index (κ3) is 4.05. The number of nitro groups is 1. The van der Waals surface area contributed by atoms with Crippen molar-refractivity contribution in [3.05, 3.63) is 50.8 Å². The standard InChI is InChI=1S/C15H14F3N5O3/c1-7(20-14-12(6-24)13(19)21-8(2)22-14)9-3-10(15(16,17)18)5-11(4-9)23(25)26/h3-7H,1-2H3,(H3,19,20,21,22)/t7-/m1/s1. The lowest BCUT2D eigenvalue weighted by molar-refractivity contribution is -0.385. The fourth-order valence-electron chi connectivity index (χ4n) is 2.27. The molecule has 1 heterocycles. The van der Waals surface area contributed by atoms with Crippen LogP contribution in [0.1, 0.15) is 40.3 Å². The van der Waals surface area contributed by atoms with Gasteiger partial charge in [-0.15, -0.1) is 0 Å². The zero-order valence-corrected chi connectivity index (χ0v) is 13.7. The number of aromatic nitrogens is 2. The number of hydrogen-bond acceptors (Lipinski definition) is 7. The van der Waals surface area contributed by atoms with E-state index in [1.54, 1.807) is 0 Å². The van der Waals surface area contributed by atoms with Crippen molar-refractivity contribution in [2.24, 2.45) is 0 Å². The number of rotatable bonds is 5. The number of anilines is 2. The second kappa shape index (κ2) is 6.94. The van der Waals surface area contributed by atoms with Crippen molar-refractivity contribution >= 4 is 23.6 Å². The first-order valence-corrected chi connectivity index (χ1v) is 7.25. The molecule has 3 N–H and O–H groups in total. The zero-order chi connectivity index (χ0) is 19.6. The lowest BCUT2D eigenvalue weighted by Crippen LogP contribution is -2.14. The molecule has 0 spiro atoms. The molecular weight excluding hydrogens is 355 g/mol. The minimum absolute atomic E-state index is 0.00166. The lowest BCUT2D eigenvalue weighted by atomic mass is 10.0. The number of carbonyl (C=O) groups excluding carboxylic acids is 1. The Balaban J connectivity index is 2.47. The molecule has 1 aromatic carbocycles. The number of halogens is 3. The SMILES string of the molecule is Cc1nc(N)c(C=O)c(N[C@H](C)c2cc([N+](=O)[O-])cc(C(F)(F)F)c2)n1. The highest BCUT2D eigenvalue weighted by Crippen LogP contribution is 2.34. The number of nitrogens with two attached hydrogens (primary N) is 1. The monoisotopic (exact) mass is 369 g/mol. The molecule has 0 radical (unpaired) electrons. The first-order chi connectivity index (χ1) is 12.0. The van der Waals surface area contributed by atoms with Crippen LogP contribution in [0.2, 0.25) is 0 Å². The second-order valence-corrected chi connectivity index (χ2v) is 5.47. The summed E-state index contributed by atoms with van der Waals surface area (Å²) in [5.41, 5.74) is 3.73. The van der Waals surface area contributed by atoms with Gasteiger partial charge in [-0.25, -0.2) is 9.97 Å². The first-order valence-electron chi connectivity index (χ1n) is 7.25. The molecule has 8 nitrogen and oxygen atoms in total. The summed E-state index contributed by atoms with van der Waals surface area (Å²) < 4.78 is 39.0. The Bertz CT molecular complexity index is 870. The van der Waals surface area contributed by atoms with Crippen molar-refractivity contribution in [3.63, 3.8) is 0 Å². The number of alkyl halides is 3. The number of nitrogens with one attached hydrogen (secondary N) is 1. The van der Waals surface area contributed by atoms with Crippen LogP contribution in [0.3, 0.4) is 0 Å². The van der Waals surface area contributed by atoms with E-state index in [4.69, 9.17) is 5.73 Å². The number of nitrogens with zero attached hydrogens (tertiary/aromatic N) is 3. The summed E-state index contributed by atoms with van der Waals surface area (Å²) >= 11 is 0. The topological polar surface area (TPSA) is 124 Å². The van der Waals surface area contributed by atoms with Gasteiger partial charge in [-0.1, -0.05) is 0 Å². The molecule has 11 heteroatoms. The molecule has 2 rings (SSSR count). The predicted octanol–water partition coefficient (Wildman–Crippen LogP) is 3.28. The van der Waals surface area contributed by atoms with Gasteiger partial charge in [0.15, 0.2) is 6.29 Å². The smallest absolute Gasteiger partial charge is 0.383 e. The molecule has 0 amide bonds. The Morgan fingerprint density at radius 1 is 1.31 bits per heavy atom. The molecule has 0 fully saturated rings. The van der Waals surface area contributed by atoms with Crippen LogP contribution < -0.4 is 11.1 Å². The summed E-state index contributed by atoms with van der Waals surface area (Å²) in [5.74, 6) is 0.188. The van der Waals surface area contributed by atoms with Crippen LogP contribution in [0.15, 0.2) is 18.2 Å². The highest BCUT2D eigenvalue weighted by molar-refractivity contribution is 5.88. The summed E-state index contributed by atoms with van der Waals surface area (Å²) in [5, 5.41) is 13.7. The molecule has 138 valence electrons. The largest absolute Gasteiger partial charge is 0.416 e. The van der Waals surface area contributed by atoms with Crippen LogP contribution in [-0.4, -0.2) is 21.2 Å². The van der Waals surface area contributed by atoms with E-state index in [-0.39, 0.29) is 28.6 Å². The van der Waals surface area contributed by atoms with Crippen molar-refractivity contribution in [1.82, 2.24) is 9.97 Å². The lowest BCUT2D eigenvalue weighted by Gasteiger charge is -2.18. The average molecular weight is 369 g/mol. The average Bonchev–Trinajstić information content (AvgIpc) is 2.53. The number of nitrogen functional groups attached to an aromatic ring is 1. The molecule has 26 heavy (non-hydrogen) atoms. The maximum Gasteiger partial charge on any atom is 0.416 e. The molecule has 0 bridgehead atoms. The molecule has 0 aliphatic heterocycles. The van der Waals surface area contributed by atoms with E-state index in [0.717, 1.165) is 12.1 Å². The van der Waals surface area contributed by atoms with Crippen LogP contribution in [0, 0.1) is 17.0 Å². The Labute approximate surface area is 145 Å². The summed E-state index contributed by atoms with van der Waals surface area (Å²) in [7, 11) is 0. The van der Waals surface area contributed by atoms with Gasteiger partial charge in [-0.05, 0) is 25.5 Å². The van der Waals surface area contributed by atoms with Gasteiger partial charge in [0.1, 0.15) is 17.5 Å². The minimum Gasteiger partial charge on any atom is -0.383 e. The fourth-order valence-corrected chi connectivity index (χ4v) is 2.27. The number of carbonyl (C=O) groups is 1. The van der Waals surface area contributed by atoms with Crippen LogP contribution in [0.25, 0.3) is 0 Å². The molecule has 0 saturated carbocycles. The third-order valence-electron chi connectivity index (χ3n) is 3.54. The van der Waals surface area contributed by atoms with Gasteiger partial charge in [0, 0.05) is 12.1 Å². The molecule has 0 unspecified atom stereocenters. The molecular formula is C15H14F3N5O3. The maximum atomic E-state index is 13.0. The minimum atomic E-state index is -4.75. The van der Waals surface area contributed by atoms with Gasteiger partial charge >= 0.3 is 6.18 Å². The first kappa shape index (κ1) is 19.1. The van der Waals surface area contributed by atoms with E-state index in [1.165, 1.54) is 13.8 Å². The van der Waals surface area contributed by atoms with Crippen LogP contribution in [-0.2, 0) is 6.18 Å². The van der Waals surface area contributed by atoms with E-state index in [2.05, 4.69) is 15.3 Å². The number of benzene rings is 1. The molecule has 0 saturated heterocycles. The van der Waals surface area contributed by atoms with Gasteiger partial charge < -0.3 is 11.1 Å². The van der Waals surface area contributed by atoms with Gasteiger partial charge in [0.05, 0.1) is 22.1 Å². The highest BCUT2D eigenvalue weighted by atomic mass is 19.4. The number of aldehydes is 1. The Kier molecular flexibility index (Phi) is 5.10.